The fourth-order valence-corrected chi connectivity index (χ4v) is 6.21. The zero-order valence-corrected chi connectivity index (χ0v) is 25.6. The molecule has 0 spiro atoms. The molecule has 0 bridgehead atoms. The van der Waals surface area contributed by atoms with E-state index in [2.05, 4.69) is 4.90 Å². The van der Waals surface area contributed by atoms with E-state index in [4.69, 9.17) is 30.8 Å². The number of ether oxygens (including phenoxy) is 3. The Hall–Kier alpha value is -3.47. The number of carbonyl (C=O) groups excluding carboxylic acids is 2. The first-order valence-electron chi connectivity index (χ1n) is 13.7. The van der Waals surface area contributed by atoms with Gasteiger partial charge in [0.2, 0.25) is 5.88 Å². The van der Waals surface area contributed by atoms with Crippen molar-refractivity contribution in [1.29, 1.82) is 0 Å². The normalized spacial score (nSPS) is 14.7. The first-order chi connectivity index (χ1) is 20.0. The lowest BCUT2D eigenvalue weighted by atomic mass is 9.93. The van der Waals surface area contributed by atoms with Crippen LogP contribution in [0.25, 0.3) is 10.2 Å². The molecule has 3 aromatic heterocycles. The summed E-state index contributed by atoms with van der Waals surface area (Å²) in [7, 11) is 1.34. The zero-order valence-electron chi connectivity index (χ0n) is 24.0. The SMILES string of the molecule is COC(=O)c1cc2c(cc(CN3CCC(c4cccc(OCc5ccc(Cl)cc5F)n4)CC3)n2C(=O)OC(C)(C)C)s1. The Morgan fingerprint density at radius 1 is 1.12 bits per heavy atom. The number of benzene rings is 1. The lowest BCUT2D eigenvalue weighted by Gasteiger charge is -2.32. The highest BCUT2D eigenvalue weighted by atomic mass is 35.5. The van der Waals surface area contributed by atoms with Crippen molar-refractivity contribution in [3.05, 3.63) is 81.2 Å². The summed E-state index contributed by atoms with van der Waals surface area (Å²) in [4.78, 5) is 32.8. The van der Waals surface area contributed by atoms with Crippen molar-refractivity contribution >= 4 is 45.2 Å². The number of nitrogens with zero attached hydrogens (tertiary/aromatic N) is 3. The van der Waals surface area contributed by atoms with Crippen LogP contribution in [0.3, 0.4) is 0 Å². The molecular formula is C31H33ClFN3O5S. The van der Waals surface area contributed by atoms with Gasteiger partial charge in [0.05, 0.1) is 17.3 Å². The molecule has 1 aliphatic heterocycles. The molecule has 0 atom stereocenters. The first kappa shape index (κ1) is 30.0. The highest BCUT2D eigenvalue weighted by Gasteiger charge is 2.27. The van der Waals surface area contributed by atoms with Crippen molar-refractivity contribution in [1.82, 2.24) is 14.5 Å². The van der Waals surface area contributed by atoms with Gasteiger partial charge in [0.1, 0.15) is 22.9 Å². The van der Waals surface area contributed by atoms with Crippen molar-refractivity contribution in [2.24, 2.45) is 0 Å². The van der Waals surface area contributed by atoms with Crippen LogP contribution in [0, 0.1) is 5.82 Å². The van der Waals surface area contributed by atoms with E-state index in [0.29, 0.717) is 33.4 Å². The quantitative estimate of drug-likeness (QED) is 0.201. The van der Waals surface area contributed by atoms with E-state index in [0.717, 1.165) is 42.0 Å². The number of carbonyl (C=O) groups is 2. The monoisotopic (exact) mass is 613 g/mol. The Kier molecular flexibility index (Phi) is 8.86. The molecule has 1 aromatic carbocycles. The Labute approximate surface area is 253 Å². The minimum absolute atomic E-state index is 0.0633. The summed E-state index contributed by atoms with van der Waals surface area (Å²) in [6.07, 6.45) is 1.29. The highest BCUT2D eigenvalue weighted by molar-refractivity contribution is 7.20. The molecule has 4 aromatic rings. The number of esters is 1. The van der Waals surface area contributed by atoms with Crippen LogP contribution in [0.1, 0.15) is 66.2 Å². The Bertz CT molecular complexity index is 1600. The smallest absolute Gasteiger partial charge is 0.419 e. The van der Waals surface area contributed by atoms with Crippen LogP contribution in [0.4, 0.5) is 9.18 Å². The van der Waals surface area contributed by atoms with Gasteiger partial charge >= 0.3 is 12.1 Å². The Morgan fingerprint density at radius 3 is 2.57 bits per heavy atom. The zero-order chi connectivity index (χ0) is 30.0. The third-order valence-corrected chi connectivity index (χ3v) is 8.34. The topological polar surface area (TPSA) is 82.9 Å². The predicted octanol–water partition coefficient (Wildman–Crippen LogP) is 7.42. The number of methoxy groups -OCH3 is 1. The molecule has 0 aliphatic carbocycles. The van der Waals surface area contributed by atoms with E-state index in [1.807, 2.05) is 39.0 Å². The van der Waals surface area contributed by atoms with Crippen LogP contribution in [0.5, 0.6) is 5.88 Å². The molecule has 42 heavy (non-hydrogen) atoms. The summed E-state index contributed by atoms with van der Waals surface area (Å²) in [5.41, 5.74) is 2.13. The van der Waals surface area contributed by atoms with E-state index in [1.54, 1.807) is 28.8 Å². The minimum atomic E-state index is -0.668. The van der Waals surface area contributed by atoms with E-state index in [-0.39, 0.29) is 12.5 Å². The van der Waals surface area contributed by atoms with Crippen LogP contribution in [-0.4, -0.2) is 52.3 Å². The van der Waals surface area contributed by atoms with Gasteiger partial charge in [0.15, 0.2) is 0 Å². The van der Waals surface area contributed by atoms with Crippen molar-refractivity contribution in [3.8, 4) is 5.88 Å². The summed E-state index contributed by atoms with van der Waals surface area (Å²) in [5.74, 6) is -0.143. The largest absolute Gasteiger partial charge is 0.473 e. The second-order valence-electron chi connectivity index (χ2n) is 11.3. The fourth-order valence-electron chi connectivity index (χ4n) is 5.03. The highest BCUT2D eigenvalue weighted by Crippen LogP contribution is 2.33. The van der Waals surface area contributed by atoms with Crippen molar-refractivity contribution in [2.75, 3.05) is 20.2 Å². The fraction of sp³-hybridized carbons (Fsp3) is 0.387. The number of likely N-dealkylation sites (tertiary alicyclic amines) is 1. The molecule has 1 fully saturated rings. The number of hydrogen-bond donors (Lipinski definition) is 0. The molecular weight excluding hydrogens is 581 g/mol. The number of thiophene rings is 1. The molecule has 0 N–H and O–H groups in total. The van der Waals surface area contributed by atoms with Gasteiger partial charge in [-0.15, -0.1) is 11.3 Å². The van der Waals surface area contributed by atoms with Gasteiger partial charge in [-0.3, -0.25) is 4.90 Å². The van der Waals surface area contributed by atoms with Crippen LogP contribution in [0.15, 0.2) is 48.5 Å². The van der Waals surface area contributed by atoms with Gasteiger partial charge in [0, 0.05) is 40.5 Å². The average molecular weight is 614 g/mol. The van der Waals surface area contributed by atoms with Crippen molar-refractivity contribution < 1.29 is 28.2 Å². The number of pyridine rings is 1. The summed E-state index contributed by atoms with van der Waals surface area (Å²) in [6, 6.07) is 13.8. The van der Waals surface area contributed by atoms with Crippen LogP contribution in [0.2, 0.25) is 5.02 Å². The molecule has 0 radical (unpaired) electrons. The van der Waals surface area contributed by atoms with Crippen LogP contribution in [-0.2, 0) is 22.6 Å². The first-order valence-corrected chi connectivity index (χ1v) is 14.9. The molecule has 1 aliphatic rings. The van der Waals surface area contributed by atoms with Crippen LogP contribution < -0.4 is 4.74 Å². The summed E-state index contributed by atoms with van der Waals surface area (Å²) >= 11 is 7.14. The molecule has 0 saturated carbocycles. The lowest BCUT2D eigenvalue weighted by molar-refractivity contribution is 0.0532. The number of piperidine rings is 1. The molecule has 0 amide bonds. The van der Waals surface area contributed by atoms with Gasteiger partial charge in [-0.2, -0.15) is 0 Å². The number of hydrogen-bond acceptors (Lipinski definition) is 8. The number of halogens is 2. The summed E-state index contributed by atoms with van der Waals surface area (Å²) in [5, 5.41) is 0.341. The predicted molar refractivity (Wildman–Crippen MR) is 160 cm³/mol. The number of fused-ring (bicyclic) bond motifs is 1. The second-order valence-corrected chi connectivity index (χ2v) is 12.8. The van der Waals surface area contributed by atoms with E-state index in [1.165, 1.54) is 24.5 Å². The molecule has 4 heterocycles. The van der Waals surface area contributed by atoms with Gasteiger partial charge in [-0.1, -0.05) is 23.7 Å². The molecule has 11 heteroatoms. The van der Waals surface area contributed by atoms with E-state index in [9.17, 15) is 14.0 Å². The van der Waals surface area contributed by atoms with Gasteiger partial charge < -0.3 is 14.2 Å². The lowest BCUT2D eigenvalue weighted by Crippen LogP contribution is -2.34. The molecule has 8 nitrogen and oxygen atoms in total. The van der Waals surface area contributed by atoms with E-state index < -0.39 is 23.5 Å². The summed E-state index contributed by atoms with van der Waals surface area (Å²) < 4.78 is 32.9. The van der Waals surface area contributed by atoms with Gasteiger partial charge in [0.25, 0.3) is 0 Å². The summed E-state index contributed by atoms with van der Waals surface area (Å²) in [6.45, 7) is 7.73. The molecule has 222 valence electrons. The molecule has 1 saturated heterocycles. The second kappa shape index (κ2) is 12.4. The van der Waals surface area contributed by atoms with Crippen LogP contribution >= 0.6 is 22.9 Å². The maximum absolute atomic E-state index is 14.1. The Balaban J connectivity index is 1.26. The maximum Gasteiger partial charge on any atom is 0.419 e. The third-order valence-electron chi connectivity index (χ3n) is 7.06. The van der Waals surface area contributed by atoms with Crippen molar-refractivity contribution in [2.45, 2.75) is 58.3 Å². The maximum atomic E-state index is 14.1. The van der Waals surface area contributed by atoms with E-state index >= 15 is 0 Å². The average Bonchev–Trinajstić information content (AvgIpc) is 3.49. The molecule has 0 unspecified atom stereocenters. The minimum Gasteiger partial charge on any atom is -0.473 e. The van der Waals surface area contributed by atoms with Gasteiger partial charge in [-0.25, -0.2) is 23.5 Å². The van der Waals surface area contributed by atoms with Crippen molar-refractivity contribution in [3.63, 3.8) is 0 Å². The third kappa shape index (κ3) is 6.94. The standard InChI is InChI=1S/C31H33ClFN3O5S/c1-31(2,3)41-30(38)36-22(15-26-25(36)16-27(42-26)29(37)39-4)17-35-12-10-19(11-13-35)24-6-5-7-28(34-24)40-18-20-8-9-21(32)14-23(20)33/h5-9,14-16,19H,10-13,17-18H2,1-4H3. The molecule has 5 rings (SSSR count). The Morgan fingerprint density at radius 2 is 1.88 bits per heavy atom. The van der Waals surface area contributed by atoms with Gasteiger partial charge in [-0.05, 0) is 77.0 Å². The number of rotatable bonds is 7. The number of aromatic nitrogens is 2.